The standard InChI is InChI=1S/C13H10F2N2OS/c14-8-5-6-11(9(7-8)13(16)17-18)19-12-4-2-1-3-10(12)15/h1-7,18H,(H2,16,17). The van der Waals surface area contributed by atoms with Crippen molar-refractivity contribution in [1.29, 1.82) is 0 Å². The van der Waals surface area contributed by atoms with Gasteiger partial charge < -0.3 is 10.9 Å². The third-order valence-electron chi connectivity index (χ3n) is 2.38. The first kappa shape index (κ1) is 13.4. The van der Waals surface area contributed by atoms with Crippen LogP contribution in [0, 0.1) is 11.6 Å². The van der Waals surface area contributed by atoms with Crippen LogP contribution in [0.2, 0.25) is 0 Å². The Morgan fingerprint density at radius 3 is 2.53 bits per heavy atom. The van der Waals surface area contributed by atoms with E-state index in [1.807, 2.05) is 0 Å². The average molecular weight is 280 g/mol. The Labute approximate surface area is 112 Å². The Kier molecular flexibility index (Phi) is 4.01. The predicted molar refractivity (Wildman–Crippen MR) is 69.4 cm³/mol. The average Bonchev–Trinajstić information content (AvgIpc) is 2.42. The van der Waals surface area contributed by atoms with Crippen molar-refractivity contribution in [2.45, 2.75) is 9.79 Å². The van der Waals surface area contributed by atoms with Gasteiger partial charge in [0.2, 0.25) is 0 Å². The number of nitrogens with two attached hydrogens (primary N) is 1. The number of benzene rings is 2. The third kappa shape index (κ3) is 3.03. The van der Waals surface area contributed by atoms with Gasteiger partial charge >= 0.3 is 0 Å². The molecule has 2 rings (SSSR count). The topological polar surface area (TPSA) is 58.6 Å². The second-order valence-electron chi connectivity index (χ2n) is 3.66. The second kappa shape index (κ2) is 5.71. The molecule has 0 saturated heterocycles. The number of halogens is 2. The van der Waals surface area contributed by atoms with Gasteiger partial charge in [-0.2, -0.15) is 0 Å². The molecule has 0 heterocycles. The highest BCUT2D eigenvalue weighted by Gasteiger charge is 2.12. The summed E-state index contributed by atoms with van der Waals surface area (Å²) in [7, 11) is 0. The smallest absolute Gasteiger partial charge is 0.171 e. The molecule has 0 unspecified atom stereocenters. The first-order valence-electron chi connectivity index (χ1n) is 5.31. The van der Waals surface area contributed by atoms with Gasteiger partial charge in [-0.25, -0.2) is 8.78 Å². The van der Waals surface area contributed by atoms with Crippen molar-refractivity contribution < 1.29 is 14.0 Å². The number of hydrogen-bond donors (Lipinski definition) is 2. The lowest BCUT2D eigenvalue weighted by molar-refractivity contribution is 0.318. The summed E-state index contributed by atoms with van der Waals surface area (Å²) in [6.45, 7) is 0. The SMILES string of the molecule is NC(=NO)c1cc(F)ccc1Sc1ccccc1F. The lowest BCUT2D eigenvalue weighted by Crippen LogP contribution is -2.14. The third-order valence-corrected chi connectivity index (χ3v) is 3.51. The monoisotopic (exact) mass is 280 g/mol. The van der Waals surface area contributed by atoms with Gasteiger partial charge in [0.1, 0.15) is 11.6 Å². The molecule has 19 heavy (non-hydrogen) atoms. The molecule has 3 nitrogen and oxygen atoms in total. The molecule has 0 amide bonds. The molecule has 3 N–H and O–H groups in total. The Morgan fingerprint density at radius 1 is 1.11 bits per heavy atom. The van der Waals surface area contributed by atoms with Crippen molar-refractivity contribution in [3.05, 3.63) is 59.7 Å². The van der Waals surface area contributed by atoms with Crippen LogP contribution in [-0.4, -0.2) is 11.0 Å². The number of oxime groups is 1. The van der Waals surface area contributed by atoms with E-state index in [2.05, 4.69) is 5.16 Å². The summed E-state index contributed by atoms with van der Waals surface area (Å²) in [5, 5.41) is 11.5. The van der Waals surface area contributed by atoms with E-state index in [-0.39, 0.29) is 17.2 Å². The molecule has 0 aliphatic rings. The Balaban J connectivity index is 2.43. The van der Waals surface area contributed by atoms with Gasteiger partial charge in [0.15, 0.2) is 5.84 Å². The fourth-order valence-corrected chi connectivity index (χ4v) is 2.45. The molecule has 98 valence electrons. The maximum atomic E-state index is 13.6. The van der Waals surface area contributed by atoms with Crippen molar-refractivity contribution >= 4 is 17.6 Å². The van der Waals surface area contributed by atoms with Crippen LogP contribution in [0.25, 0.3) is 0 Å². The Morgan fingerprint density at radius 2 is 1.84 bits per heavy atom. The van der Waals surface area contributed by atoms with Crippen LogP contribution in [-0.2, 0) is 0 Å². The van der Waals surface area contributed by atoms with Crippen LogP contribution in [0.15, 0.2) is 57.4 Å². The summed E-state index contributed by atoms with van der Waals surface area (Å²) in [6.07, 6.45) is 0. The summed E-state index contributed by atoms with van der Waals surface area (Å²) >= 11 is 1.08. The summed E-state index contributed by atoms with van der Waals surface area (Å²) in [5.41, 5.74) is 5.70. The highest BCUT2D eigenvalue weighted by molar-refractivity contribution is 7.99. The molecule has 2 aromatic rings. The van der Waals surface area contributed by atoms with Gasteiger partial charge in [0.25, 0.3) is 0 Å². The van der Waals surface area contributed by atoms with Gasteiger partial charge in [-0.1, -0.05) is 29.1 Å². The van der Waals surface area contributed by atoms with E-state index in [0.29, 0.717) is 9.79 Å². The van der Waals surface area contributed by atoms with E-state index in [0.717, 1.165) is 17.8 Å². The molecule has 6 heteroatoms. The van der Waals surface area contributed by atoms with Crippen molar-refractivity contribution in [3.8, 4) is 0 Å². The molecule has 0 radical (unpaired) electrons. The number of amidine groups is 1. The lowest BCUT2D eigenvalue weighted by Gasteiger charge is -2.08. The number of rotatable bonds is 3. The fourth-order valence-electron chi connectivity index (χ4n) is 1.49. The molecular formula is C13H10F2N2OS. The van der Waals surface area contributed by atoms with Crippen LogP contribution >= 0.6 is 11.8 Å². The number of hydrogen-bond acceptors (Lipinski definition) is 3. The summed E-state index contributed by atoms with van der Waals surface area (Å²) in [5.74, 6) is -1.12. The van der Waals surface area contributed by atoms with E-state index in [1.165, 1.54) is 18.2 Å². The van der Waals surface area contributed by atoms with Crippen molar-refractivity contribution in [2.24, 2.45) is 10.9 Å². The van der Waals surface area contributed by atoms with Gasteiger partial charge in [-0.05, 0) is 30.3 Å². The molecule has 2 aromatic carbocycles. The Hall–Kier alpha value is -2.08. The van der Waals surface area contributed by atoms with E-state index < -0.39 is 5.82 Å². The Bertz CT molecular complexity index is 632. The minimum atomic E-state index is -0.514. The summed E-state index contributed by atoms with van der Waals surface area (Å²) < 4.78 is 26.7. The van der Waals surface area contributed by atoms with Gasteiger partial charge in [-0.15, -0.1) is 0 Å². The highest BCUT2D eigenvalue weighted by atomic mass is 32.2. The van der Waals surface area contributed by atoms with Crippen molar-refractivity contribution in [2.75, 3.05) is 0 Å². The zero-order valence-electron chi connectivity index (χ0n) is 9.68. The minimum Gasteiger partial charge on any atom is -0.409 e. The highest BCUT2D eigenvalue weighted by Crippen LogP contribution is 2.32. The minimum absolute atomic E-state index is 0.218. The predicted octanol–water partition coefficient (Wildman–Crippen LogP) is 3.21. The van der Waals surface area contributed by atoms with E-state index in [9.17, 15) is 8.78 Å². The molecule has 0 saturated carbocycles. The number of nitrogens with zero attached hydrogens (tertiary/aromatic N) is 1. The van der Waals surface area contributed by atoms with Crippen LogP contribution < -0.4 is 5.73 Å². The van der Waals surface area contributed by atoms with Crippen LogP contribution in [0.4, 0.5) is 8.78 Å². The van der Waals surface area contributed by atoms with Crippen molar-refractivity contribution in [3.63, 3.8) is 0 Å². The first-order valence-corrected chi connectivity index (χ1v) is 6.13. The fraction of sp³-hybridized carbons (Fsp3) is 0. The molecule has 0 atom stereocenters. The quantitative estimate of drug-likeness (QED) is 0.393. The van der Waals surface area contributed by atoms with E-state index in [4.69, 9.17) is 10.9 Å². The van der Waals surface area contributed by atoms with Gasteiger partial charge in [0.05, 0.1) is 0 Å². The summed E-state index contributed by atoms with van der Waals surface area (Å²) in [4.78, 5) is 0.878. The summed E-state index contributed by atoms with van der Waals surface area (Å²) in [6, 6.07) is 10.0. The second-order valence-corrected chi connectivity index (χ2v) is 4.74. The molecule has 0 aliphatic heterocycles. The molecule has 0 aliphatic carbocycles. The van der Waals surface area contributed by atoms with Gasteiger partial charge in [0, 0.05) is 15.4 Å². The molecule has 0 bridgehead atoms. The maximum Gasteiger partial charge on any atom is 0.171 e. The lowest BCUT2D eigenvalue weighted by atomic mass is 10.2. The van der Waals surface area contributed by atoms with E-state index in [1.54, 1.807) is 18.2 Å². The van der Waals surface area contributed by atoms with E-state index >= 15 is 0 Å². The van der Waals surface area contributed by atoms with Gasteiger partial charge in [-0.3, -0.25) is 0 Å². The zero-order valence-corrected chi connectivity index (χ0v) is 10.5. The van der Waals surface area contributed by atoms with Crippen LogP contribution in [0.5, 0.6) is 0 Å². The molecule has 0 fully saturated rings. The maximum absolute atomic E-state index is 13.6. The van der Waals surface area contributed by atoms with Crippen LogP contribution in [0.1, 0.15) is 5.56 Å². The molecular weight excluding hydrogens is 270 g/mol. The van der Waals surface area contributed by atoms with Crippen LogP contribution in [0.3, 0.4) is 0 Å². The largest absolute Gasteiger partial charge is 0.409 e. The molecule has 0 spiro atoms. The van der Waals surface area contributed by atoms with Crippen molar-refractivity contribution in [1.82, 2.24) is 0 Å². The first-order chi connectivity index (χ1) is 9.11. The zero-order chi connectivity index (χ0) is 13.8. The molecule has 0 aromatic heterocycles. The normalized spacial score (nSPS) is 11.6.